The highest BCUT2D eigenvalue weighted by Crippen LogP contribution is 2.39. The van der Waals surface area contributed by atoms with Crippen LogP contribution in [-0.2, 0) is 9.53 Å². The molecule has 2 aliphatic heterocycles. The Hall–Kier alpha value is -1.70. The maximum absolute atomic E-state index is 12.9. The van der Waals surface area contributed by atoms with Crippen molar-refractivity contribution in [2.75, 3.05) is 26.2 Å². The molecule has 7 nitrogen and oxygen atoms in total. The van der Waals surface area contributed by atoms with Crippen molar-refractivity contribution >= 4 is 35.2 Å². The number of ether oxygens (including phenoxy) is 1. The fourth-order valence-corrected chi connectivity index (χ4v) is 4.52. The number of halogens is 2. The van der Waals surface area contributed by atoms with Gasteiger partial charge < -0.3 is 24.7 Å². The Labute approximate surface area is 192 Å². The van der Waals surface area contributed by atoms with Crippen LogP contribution in [-0.4, -0.2) is 63.8 Å². The molecule has 2 heterocycles. The number of phenols is 1. The van der Waals surface area contributed by atoms with Crippen LogP contribution in [0.1, 0.15) is 51.7 Å². The van der Waals surface area contributed by atoms with Crippen LogP contribution in [0.25, 0.3) is 0 Å². The van der Waals surface area contributed by atoms with Gasteiger partial charge in [-0.3, -0.25) is 4.79 Å². The Morgan fingerprint density at radius 2 is 1.65 bits per heavy atom. The van der Waals surface area contributed by atoms with E-state index in [2.05, 4.69) is 0 Å². The minimum Gasteiger partial charge on any atom is -0.508 e. The third-order valence-electron chi connectivity index (χ3n) is 5.88. The number of nitrogens with zero attached hydrogens (tertiary/aromatic N) is 2. The van der Waals surface area contributed by atoms with Crippen molar-refractivity contribution in [3.05, 3.63) is 27.7 Å². The van der Waals surface area contributed by atoms with Crippen molar-refractivity contribution in [1.82, 2.24) is 9.80 Å². The molecule has 0 saturated carbocycles. The van der Waals surface area contributed by atoms with Gasteiger partial charge in [-0.25, -0.2) is 4.79 Å². The van der Waals surface area contributed by atoms with Crippen molar-refractivity contribution in [3.8, 4) is 5.75 Å². The molecule has 0 radical (unpaired) electrons. The maximum Gasteiger partial charge on any atom is 0.410 e. The molecular weight excluding hydrogens is 443 g/mol. The number of rotatable bonds is 3. The number of aliphatic hydroxyl groups is 1. The third kappa shape index (κ3) is 5.76. The van der Waals surface area contributed by atoms with Crippen molar-refractivity contribution in [2.45, 2.75) is 51.7 Å². The first kappa shape index (κ1) is 24.0. The van der Waals surface area contributed by atoms with Gasteiger partial charge in [0.2, 0.25) is 5.91 Å². The first-order valence-corrected chi connectivity index (χ1v) is 11.3. The Bertz CT molecular complexity index is 834. The third-order valence-corrected chi connectivity index (χ3v) is 6.60. The van der Waals surface area contributed by atoms with E-state index in [4.69, 9.17) is 27.9 Å². The van der Waals surface area contributed by atoms with Gasteiger partial charge in [0.1, 0.15) is 11.4 Å². The standard InChI is InChI=1S/C22H30Cl2N2O5/c1-22(2,3)31-21(30)26-9-6-14(12-26)20(29)25-7-4-13(5-8-25)19(28)15-10-16(23)17(24)11-18(15)27/h10-11,13-14,19,27-28H,4-9,12H2,1-3H3. The highest BCUT2D eigenvalue weighted by molar-refractivity contribution is 6.42. The number of phenolic OH excluding ortho intramolecular Hbond substituents is 1. The zero-order valence-corrected chi connectivity index (χ0v) is 19.6. The van der Waals surface area contributed by atoms with Gasteiger partial charge in [-0.2, -0.15) is 0 Å². The summed E-state index contributed by atoms with van der Waals surface area (Å²) in [5.74, 6) is -0.382. The molecule has 2 aliphatic rings. The van der Waals surface area contributed by atoms with Gasteiger partial charge in [0, 0.05) is 37.8 Å². The number of benzene rings is 1. The quantitative estimate of drug-likeness (QED) is 0.686. The van der Waals surface area contributed by atoms with E-state index >= 15 is 0 Å². The molecule has 172 valence electrons. The van der Waals surface area contributed by atoms with Crippen molar-refractivity contribution < 1.29 is 24.5 Å². The minimum absolute atomic E-state index is 0.0383. The van der Waals surface area contributed by atoms with E-state index in [0.717, 1.165) is 0 Å². The molecule has 3 rings (SSSR count). The van der Waals surface area contributed by atoms with E-state index in [-0.39, 0.29) is 39.6 Å². The molecule has 0 aromatic heterocycles. The Morgan fingerprint density at radius 1 is 1.06 bits per heavy atom. The first-order chi connectivity index (χ1) is 14.5. The molecule has 0 bridgehead atoms. The number of aromatic hydroxyl groups is 1. The number of hydrogen-bond acceptors (Lipinski definition) is 5. The van der Waals surface area contributed by atoms with Crippen LogP contribution in [0.4, 0.5) is 4.79 Å². The molecule has 0 spiro atoms. The van der Waals surface area contributed by atoms with E-state index in [1.54, 1.807) is 9.80 Å². The minimum atomic E-state index is -0.888. The van der Waals surface area contributed by atoms with E-state index < -0.39 is 11.7 Å². The number of piperidine rings is 1. The van der Waals surface area contributed by atoms with E-state index in [1.165, 1.54) is 12.1 Å². The van der Waals surface area contributed by atoms with E-state index in [1.807, 2.05) is 20.8 Å². The van der Waals surface area contributed by atoms with Crippen LogP contribution in [0.2, 0.25) is 10.0 Å². The zero-order valence-electron chi connectivity index (χ0n) is 18.1. The van der Waals surface area contributed by atoms with Crippen LogP contribution < -0.4 is 0 Å². The molecule has 2 saturated heterocycles. The predicted molar refractivity (Wildman–Crippen MR) is 118 cm³/mol. The monoisotopic (exact) mass is 472 g/mol. The number of carbonyl (C=O) groups excluding carboxylic acids is 2. The largest absolute Gasteiger partial charge is 0.508 e. The van der Waals surface area contributed by atoms with E-state index in [0.29, 0.717) is 51.0 Å². The van der Waals surface area contributed by atoms with Crippen LogP contribution >= 0.6 is 23.2 Å². The van der Waals surface area contributed by atoms with Gasteiger partial charge >= 0.3 is 6.09 Å². The number of hydrogen-bond donors (Lipinski definition) is 2. The average Bonchev–Trinajstić information content (AvgIpc) is 3.19. The summed E-state index contributed by atoms with van der Waals surface area (Å²) < 4.78 is 5.40. The lowest BCUT2D eigenvalue weighted by Crippen LogP contribution is -2.44. The number of carbonyl (C=O) groups is 2. The lowest BCUT2D eigenvalue weighted by atomic mass is 9.86. The SMILES string of the molecule is CC(C)(C)OC(=O)N1CCC(C(=O)N2CCC(C(O)c3cc(Cl)c(Cl)cc3O)CC2)C1. The molecule has 2 unspecified atom stereocenters. The summed E-state index contributed by atoms with van der Waals surface area (Å²) >= 11 is 11.9. The number of aliphatic hydroxyl groups excluding tert-OH is 1. The fraction of sp³-hybridized carbons (Fsp3) is 0.636. The van der Waals surface area contributed by atoms with Gasteiger partial charge in [-0.1, -0.05) is 23.2 Å². The Balaban J connectivity index is 1.53. The molecule has 31 heavy (non-hydrogen) atoms. The molecule has 1 aromatic carbocycles. The molecule has 2 atom stereocenters. The van der Waals surface area contributed by atoms with Crippen LogP contribution in [0, 0.1) is 11.8 Å². The van der Waals surface area contributed by atoms with Gasteiger partial charge in [0.15, 0.2) is 0 Å². The highest BCUT2D eigenvalue weighted by atomic mass is 35.5. The van der Waals surface area contributed by atoms with Crippen LogP contribution in [0.5, 0.6) is 5.75 Å². The zero-order chi connectivity index (χ0) is 22.9. The summed E-state index contributed by atoms with van der Waals surface area (Å²) in [5.41, 5.74) is -0.215. The first-order valence-electron chi connectivity index (χ1n) is 10.6. The van der Waals surface area contributed by atoms with Crippen molar-refractivity contribution in [1.29, 1.82) is 0 Å². The van der Waals surface area contributed by atoms with Crippen LogP contribution in [0.15, 0.2) is 12.1 Å². The molecular formula is C22H30Cl2N2O5. The summed E-state index contributed by atoms with van der Waals surface area (Å²) in [5, 5.41) is 21.4. The fourth-order valence-electron chi connectivity index (χ4n) is 4.19. The topological polar surface area (TPSA) is 90.3 Å². The van der Waals surface area contributed by atoms with Gasteiger partial charge in [-0.05, 0) is 52.0 Å². The van der Waals surface area contributed by atoms with Crippen molar-refractivity contribution in [2.24, 2.45) is 11.8 Å². The van der Waals surface area contributed by atoms with Gasteiger partial charge in [0.05, 0.1) is 22.1 Å². The summed E-state index contributed by atoms with van der Waals surface area (Å²) in [6.07, 6.45) is 0.564. The van der Waals surface area contributed by atoms with E-state index in [9.17, 15) is 19.8 Å². The summed E-state index contributed by atoms with van der Waals surface area (Å²) in [4.78, 5) is 28.6. The molecule has 0 aliphatic carbocycles. The second-order valence-corrected chi connectivity index (χ2v) is 10.2. The Kier molecular flexibility index (Phi) is 7.28. The van der Waals surface area contributed by atoms with Crippen LogP contribution in [0.3, 0.4) is 0 Å². The lowest BCUT2D eigenvalue weighted by molar-refractivity contribution is -0.137. The summed E-state index contributed by atoms with van der Waals surface area (Å²) in [6, 6.07) is 2.82. The normalized spacial score (nSPS) is 21.3. The van der Waals surface area contributed by atoms with Gasteiger partial charge in [-0.15, -0.1) is 0 Å². The number of likely N-dealkylation sites (tertiary alicyclic amines) is 2. The number of amides is 2. The second kappa shape index (κ2) is 9.43. The van der Waals surface area contributed by atoms with Gasteiger partial charge in [0.25, 0.3) is 0 Å². The lowest BCUT2D eigenvalue weighted by Gasteiger charge is -2.35. The smallest absolute Gasteiger partial charge is 0.410 e. The summed E-state index contributed by atoms with van der Waals surface area (Å²) in [6.45, 7) is 7.38. The van der Waals surface area contributed by atoms with Crippen molar-refractivity contribution in [3.63, 3.8) is 0 Å². The molecule has 2 amide bonds. The molecule has 1 aromatic rings. The molecule has 2 N–H and O–H groups in total. The Morgan fingerprint density at radius 3 is 2.26 bits per heavy atom. The highest BCUT2D eigenvalue weighted by Gasteiger charge is 2.37. The molecule has 9 heteroatoms. The average molecular weight is 473 g/mol. The molecule has 2 fully saturated rings. The predicted octanol–water partition coefficient (Wildman–Crippen LogP) is 4.23. The maximum atomic E-state index is 12.9. The second-order valence-electron chi connectivity index (χ2n) is 9.34. The summed E-state index contributed by atoms with van der Waals surface area (Å²) in [7, 11) is 0.